The highest BCUT2D eigenvalue weighted by atomic mass is 16.6. The van der Waals surface area contributed by atoms with Gasteiger partial charge in [0.25, 0.3) is 0 Å². The van der Waals surface area contributed by atoms with Crippen LogP contribution in [0.15, 0.2) is 0 Å². The molecule has 70 valence electrons. The van der Waals surface area contributed by atoms with Gasteiger partial charge < -0.3 is 4.74 Å². The summed E-state index contributed by atoms with van der Waals surface area (Å²) in [5.74, 6) is 0.892. The highest BCUT2D eigenvalue weighted by Crippen LogP contribution is 2.45. The van der Waals surface area contributed by atoms with Crippen molar-refractivity contribution in [1.29, 1.82) is 0 Å². The molecule has 2 heteroatoms. The number of hydrogen-bond donors (Lipinski definition) is 0. The van der Waals surface area contributed by atoms with Crippen molar-refractivity contribution < 1.29 is 4.74 Å². The molecule has 0 aromatic carbocycles. The smallest absolute Gasteiger partial charge is 0.145 e. The molecule has 2 heterocycles. The quantitative estimate of drug-likeness (QED) is 0.557. The number of hydrogen-bond acceptors (Lipinski definition) is 2. The van der Waals surface area contributed by atoms with E-state index in [4.69, 9.17) is 4.74 Å². The summed E-state index contributed by atoms with van der Waals surface area (Å²) in [4.78, 5) is 2.39. The normalized spacial score (nSPS) is 48.2. The molecule has 3 atom stereocenters. The molecule has 0 bridgehead atoms. The van der Waals surface area contributed by atoms with Gasteiger partial charge in [0, 0.05) is 6.54 Å². The van der Waals surface area contributed by atoms with Crippen LogP contribution in [-0.2, 0) is 4.74 Å². The highest BCUT2D eigenvalue weighted by Gasteiger charge is 2.56. The van der Waals surface area contributed by atoms with Gasteiger partial charge in [0.2, 0.25) is 0 Å². The second-order valence-corrected chi connectivity index (χ2v) is 4.39. The van der Waals surface area contributed by atoms with E-state index in [2.05, 4.69) is 25.8 Å². The molecule has 0 N–H and O–H groups in total. The van der Waals surface area contributed by atoms with Crippen molar-refractivity contribution >= 4 is 0 Å². The molecular formula is C10H19NO. The third kappa shape index (κ3) is 1.17. The molecule has 2 fully saturated rings. The summed E-state index contributed by atoms with van der Waals surface area (Å²) in [5.41, 5.74) is 0.101. The predicted molar refractivity (Wildman–Crippen MR) is 48.9 cm³/mol. The van der Waals surface area contributed by atoms with Crippen LogP contribution in [0.4, 0.5) is 0 Å². The maximum atomic E-state index is 5.68. The maximum absolute atomic E-state index is 5.68. The Kier molecular flexibility index (Phi) is 1.92. The molecule has 2 nitrogen and oxygen atoms in total. The van der Waals surface area contributed by atoms with E-state index in [9.17, 15) is 0 Å². The zero-order valence-corrected chi connectivity index (χ0v) is 8.34. The molecule has 2 aliphatic rings. The van der Waals surface area contributed by atoms with E-state index in [0.29, 0.717) is 6.10 Å². The summed E-state index contributed by atoms with van der Waals surface area (Å²) in [6, 6.07) is 0. The third-order valence-corrected chi connectivity index (χ3v) is 3.63. The van der Waals surface area contributed by atoms with Gasteiger partial charge in [-0.15, -0.1) is 0 Å². The molecule has 0 spiro atoms. The van der Waals surface area contributed by atoms with E-state index < -0.39 is 0 Å². The van der Waals surface area contributed by atoms with E-state index in [-0.39, 0.29) is 5.72 Å². The lowest BCUT2D eigenvalue weighted by molar-refractivity contribution is 0.0991. The topological polar surface area (TPSA) is 15.8 Å². The number of fused-ring (bicyclic) bond motifs is 1. The molecule has 3 unspecified atom stereocenters. The fourth-order valence-corrected chi connectivity index (χ4v) is 2.30. The van der Waals surface area contributed by atoms with Crippen LogP contribution >= 0.6 is 0 Å². The second-order valence-electron chi connectivity index (χ2n) is 4.39. The third-order valence-electron chi connectivity index (χ3n) is 3.63. The number of likely N-dealkylation sites (N-methyl/N-ethyl adjacent to an activating group) is 1. The first kappa shape index (κ1) is 8.52. The van der Waals surface area contributed by atoms with Crippen LogP contribution in [0.3, 0.4) is 0 Å². The van der Waals surface area contributed by atoms with Gasteiger partial charge in [-0.05, 0) is 32.7 Å². The van der Waals surface area contributed by atoms with Gasteiger partial charge in [0.15, 0.2) is 0 Å². The minimum absolute atomic E-state index is 0.101. The zero-order valence-electron chi connectivity index (χ0n) is 8.34. The van der Waals surface area contributed by atoms with Gasteiger partial charge >= 0.3 is 0 Å². The lowest BCUT2D eigenvalue weighted by atomic mass is 10.0. The monoisotopic (exact) mass is 169 g/mol. The molecule has 2 saturated heterocycles. The van der Waals surface area contributed by atoms with Crippen LogP contribution in [0.1, 0.15) is 33.1 Å². The van der Waals surface area contributed by atoms with E-state index in [1.807, 2.05) is 0 Å². The Morgan fingerprint density at radius 2 is 2.25 bits per heavy atom. The Labute approximate surface area is 74.9 Å². The second kappa shape index (κ2) is 2.71. The molecule has 12 heavy (non-hydrogen) atoms. The first-order chi connectivity index (χ1) is 5.66. The van der Waals surface area contributed by atoms with Crippen molar-refractivity contribution in [3.05, 3.63) is 0 Å². The van der Waals surface area contributed by atoms with Crippen molar-refractivity contribution in [3.63, 3.8) is 0 Å². The van der Waals surface area contributed by atoms with E-state index in [0.717, 1.165) is 5.92 Å². The fraction of sp³-hybridized carbons (Fsp3) is 1.00. The molecule has 0 saturated carbocycles. The van der Waals surface area contributed by atoms with Crippen molar-refractivity contribution in [2.45, 2.75) is 44.9 Å². The van der Waals surface area contributed by atoms with Crippen LogP contribution in [0.2, 0.25) is 0 Å². The van der Waals surface area contributed by atoms with Gasteiger partial charge in [-0.1, -0.05) is 13.3 Å². The number of ether oxygens (including phenoxy) is 1. The number of epoxide rings is 1. The van der Waals surface area contributed by atoms with Gasteiger partial charge in [0.1, 0.15) is 11.8 Å². The molecule has 2 rings (SSSR count). The van der Waals surface area contributed by atoms with E-state index >= 15 is 0 Å². The summed E-state index contributed by atoms with van der Waals surface area (Å²) < 4.78 is 5.68. The van der Waals surface area contributed by atoms with E-state index in [1.165, 1.54) is 25.8 Å². The fourth-order valence-electron chi connectivity index (χ4n) is 2.30. The van der Waals surface area contributed by atoms with Gasteiger partial charge in [-0.3, -0.25) is 4.90 Å². The first-order valence-corrected chi connectivity index (χ1v) is 5.06. The SMILES string of the molecule is CCC1CCC2OC2(C)N(C)C1. The molecular weight excluding hydrogens is 150 g/mol. The standard InChI is InChI=1S/C10H19NO/c1-4-8-5-6-9-10(2,12-9)11(3)7-8/h8-9H,4-7H2,1-3H3. The van der Waals surface area contributed by atoms with Crippen molar-refractivity contribution in [2.75, 3.05) is 13.6 Å². The lowest BCUT2D eigenvalue weighted by Gasteiger charge is -2.24. The summed E-state index contributed by atoms with van der Waals surface area (Å²) >= 11 is 0. The zero-order chi connectivity index (χ0) is 8.77. The summed E-state index contributed by atoms with van der Waals surface area (Å²) in [5, 5.41) is 0. The maximum Gasteiger partial charge on any atom is 0.145 e. The average molecular weight is 169 g/mol. The summed E-state index contributed by atoms with van der Waals surface area (Å²) in [6.07, 6.45) is 4.45. The Balaban J connectivity index is 2.02. The van der Waals surface area contributed by atoms with Crippen LogP contribution in [0, 0.1) is 5.92 Å². The molecule has 0 aliphatic carbocycles. The number of nitrogens with zero attached hydrogens (tertiary/aromatic N) is 1. The Bertz CT molecular complexity index is 183. The van der Waals surface area contributed by atoms with Gasteiger partial charge in [-0.25, -0.2) is 0 Å². The molecule has 0 amide bonds. The predicted octanol–water partition coefficient (Wildman–Crippen LogP) is 1.85. The number of rotatable bonds is 1. The van der Waals surface area contributed by atoms with Gasteiger partial charge in [-0.2, -0.15) is 0 Å². The van der Waals surface area contributed by atoms with E-state index in [1.54, 1.807) is 0 Å². The van der Waals surface area contributed by atoms with Crippen LogP contribution in [0.5, 0.6) is 0 Å². The Morgan fingerprint density at radius 3 is 2.92 bits per heavy atom. The highest BCUT2D eigenvalue weighted by molar-refractivity contribution is 5.00. The minimum Gasteiger partial charge on any atom is -0.350 e. The Morgan fingerprint density at radius 1 is 1.50 bits per heavy atom. The van der Waals surface area contributed by atoms with Gasteiger partial charge in [0.05, 0.1) is 0 Å². The van der Waals surface area contributed by atoms with Crippen molar-refractivity contribution in [2.24, 2.45) is 5.92 Å². The molecule has 0 aromatic heterocycles. The van der Waals surface area contributed by atoms with Crippen LogP contribution in [0.25, 0.3) is 0 Å². The number of likely N-dealkylation sites (tertiary alicyclic amines) is 1. The lowest BCUT2D eigenvalue weighted by Crippen LogP contribution is -2.35. The summed E-state index contributed by atoms with van der Waals surface area (Å²) in [7, 11) is 2.19. The average Bonchev–Trinajstić information content (AvgIpc) is 2.71. The molecule has 0 radical (unpaired) electrons. The van der Waals surface area contributed by atoms with Crippen LogP contribution in [-0.4, -0.2) is 30.3 Å². The first-order valence-electron chi connectivity index (χ1n) is 5.06. The molecule has 2 aliphatic heterocycles. The minimum atomic E-state index is 0.101. The van der Waals surface area contributed by atoms with Crippen LogP contribution < -0.4 is 0 Å². The summed E-state index contributed by atoms with van der Waals surface area (Å²) in [6.45, 7) is 5.72. The largest absolute Gasteiger partial charge is 0.350 e. The molecule has 0 aromatic rings. The van der Waals surface area contributed by atoms with Crippen molar-refractivity contribution in [3.8, 4) is 0 Å². The Hall–Kier alpha value is -0.0800. The van der Waals surface area contributed by atoms with Crippen molar-refractivity contribution in [1.82, 2.24) is 4.90 Å².